The van der Waals surface area contributed by atoms with Crippen LogP contribution in [0.5, 0.6) is 0 Å². The average molecular weight is 640 g/mol. The van der Waals surface area contributed by atoms with E-state index in [-0.39, 0.29) is 6.54 Å². The van der Waals surface area contributed by atoms with Gasteiger partial charge in [-0.25, -0.2) is 4.68 Å². The Kier molecular flexibility index (Phi) is 23.3. The van der Waals surface area contributed by atoms with E-state index < -0.39 is 18.3 Å². The number of aliphatic hydroxyl groups is 1. The quantitative estimate of drug-likeness (QED) is 0.160. The minimum Gasteiger partial charge on any atom is -0.379 e. The molecular weight excluding hydrogens is 590 g/mol. The number of hydrogen-bond donors (Lipinski definition) is 1. The molecule has 1 heterocycles. The molecule has 2 rings (SSSR count). The van der Waals surface area contributed by atoms with E-state index in [1.807, 2.05) is 36.9 Å². The van der Waals surface area contributed by atoms with Gasteiger partial charge in [-0.3, -0.25) is 0 Å². The van der Waals surface area contributed by atoms with Gasteiger partial charge in [0.15, 0.2) is 5.60 Å². The second-order valence-electron chi connectivity index (χ2n) is 9.73. The lowest BCUT2D eigenvalue weighted by Gasteiger charge is -2.31. The third kappa shape index (κ3) is 19.9. The minimum absolute atomic E-state index is 0.205. The molecule has 0 aliphatic heterocycles. The Labute approximate surface area is 265 Å². The van der Waals surface area contributed by atoms with Crippen molar-refractivity contribution in [1.29, 1.82) is 0 Å². The molecule has 1 aromatic carbocycles. The van der Waals surface area contributed by atoms with E-state index >= 15 is 0 Å². The number of aromatic nitrogens is 2. The Balaban J connectivity index is 0. The molecule has 0 spiro atoms. The van der Waals surface area contributed by atoms with Gasteiger partial charge in [0, 0.05) is 29.9 Å². The molecule has 2 aromatic rings. The van der Waals surface area contributed by atoms with Crippen LogP contribution in [0.1, 0.15) is 72.9 Å². The predicted octanol–water partition coefficient (Wildman–Crippen LogP) is 9.30. The molecule has 4 nitrogen and oxygen atoms in total. The fraction of sp³-hybridized carbons (Fsp3) is 0.441. The summed E-state index contributed by atoms with van der Waals surface area (Å²) < 4.78 is 39.7. The number of halogens is 4. The van der Waals surface area contributed by atoms with Crippen molar-refractivity contribution in [2.45, 2.75) is 85.9 Å². The molecule has 240 valence electrons. The Morgan fingerprint density at radius 3 is 2.14 bits per heavy atom. The molecule has 0 saturated carbocycles. The van der Waals surface area contributed by atoms with Gasteiger partial charge in [-0.2, -0.15) is 18.3 Å². The van der Waals surface area contributed by atoms with Crippen LogP contribution in [0.3, 0.4) is 0 Å². The van der Waals surface area contributed by atoms with E-state index in [0.717, 1.165) is 30.3 Å². The fourth-order valence-electron chi connectivity index (χ4n) is 2.88. The van der Waals surface area contributed by atoms with E-state index in [1.54, 1.807) is 19.1 Å². The normalized spacial score (nSPS) is 12.8. The molecular formula is C34H50ClF3N3OP. The third-order valence-corrected chi connectivity index (χ3v) is 6.39. The van der Waals surface area contributed by atoms with Crippen molar-refractivity contribution in [1.82, 2.24) is 14.7 Å². The van der Waals surface area contributed by atoms with Gasteiger partial charge >= 0.3 is 6.18 Å². The topological polar surface area (TPSA) is 41.3 Å². The summed E-state index contributed by atoms with van der Waals surface area (Å²) in [6, 6.07) is 10.2. The summed E-state index contributed by atoms with van der Waals surface area (Å²) >= 11 is 5.77. The van der Waals surface area contributed by atoms with Crippen molar-refractivity contribution >= 4 is 26.1 Å². The van der Waals surface area contributed by atoms with Crippen molar-refractivity contribution < 1.29 is 18.3 Å². The van der Waals surface area contributed by atoms with Gasteiger partial charge in [0.2, 0.25) is 0 Å². The summed E-state index contributed by atoms with van der Waals surface area (Å²) in [6.45, 7) is 16.0. The first-order chi connectivity index (χ1) is 20.1. The van der Waals surface area contributed by atoms with E-state index in [4.69, 9.17) is 18.0 Å². The van der Waals surface area contributed by atoms with Gasteiger partial charge in [0.25, 0.3) is 0 Å². The fourth-order valence-corrected chi connectivity index (χ4v) is 3.16. The second-order valence-corrected chi connectivity index (χ2v) is 10.9. The summed E-state index contributed by atoms with van der Waals surface area (Å²) in [7, 11) is 2.67. The van der Waals surface area contributed by atoms with Crippen LogP contribution in [-0.2, 0) is 0 Å². The van der Waals surface area contributed by atoms with Gasteiger partial charge in [-0.15, -0.1) is 22.2 Å². The number of allylic oxidation sites excluding steroid dienone is 5. The lowest BCUT2D eigenvalue weighted by molar-refractivity contribution is -0.255. The van der Waals surface area contributed by atoms with Crippen LogP contribution in [0.15, 0.2) is 84.2 Å². The van der Waals surface area contributed by atoms with Gasteiger partial charge in [0.05, 0.1) is 12.2 Å². The number of alkyl halides is 3. The summed E-state index contributed by atoms with van der Waals surface area (Å²) in [5.74, 6) is 2.53. The summed E-state index contributed by atoms with van der Waals surface area (Å²) in [4.78, 5) is 1.33. The Morgan fingerprint density at radius 2 is 1.77 bits per heavy atom. The van der Waals surface area contributed by atoms with Crippen LogP contribution in [0.2, 0.25) is 0 Å². The van der Waals surface area contributed by atoms with Gasteiger partial charge in [-0.1, -0.05) is 87.6 Å². The lowest BCUT2D eigenvalue weighted by Crippen LogP contribution is -2.50. The van der Waals surface area contributed by atoms with Crippen LogP contribution in [0.4, 0.5) is 13.2 Å². The molecule has 0 fully saturated rings. The standard InChI is InChI=1S/C13H19ClF3NO.C10H11N2P.C7H10.C4H10/c1-4-8-18(9-6-7-11(14)5-2)10-12(3,19)13(15,16)17;1-8-6-7-11-12(8)9-2-4-10(13)5-3-9;1-4-6-7(3)5-2;1-3-4-2/h4-6,9,19H,1,7-8,10H2,2-3H3;2-7H,13H2,1H3;2,6H,4H2,1,3H3;3-4H2,1-2H3/b9-6-,11-5+;;7-6-;. The van der Waals surface area contributed by atoms with E-state index in [1.165, 1.54) is 35.3 Å². The number of terminal acetylenes is 1. The SMILES string of the molecule is C#C/C(C)=C\CC.C=CCN(/C=C\C/C(Cl)=C\C)CC(C)(O)C(F)(F)F.CCCC.Cc1ccnn1-c1ccc(P)cc1. The van der Waals surface area contributed by atoms with Crippen LogP contribution in [-0.4, -0.2) is 44.7 Å². The van der Waals surface area contributed by atoms with Gasteiger partial charge in [0.1, 0.15) is 0 Å². The smallest absolute Gasteiger partial charge is 0.379 e. The maximum atomic E-state index is 12.6. The predicted molar refractivity (Wildman–Crippen MR) is 183 cm³/mol. The van der Waals surface area contributed by atoms with Crippen LogP contribution >= 0.6 is 20.8 Å². The maximum absolute atomic E-state index is 12.6. The van der Waals surface area contributed by atoms with E-state index in [9.17, 15) is 18.3 Å². The zero-order valence-corrected chi connectivity index (χ0v) is 28.7. The molecule has 43 heavy (non-hydrogen) atoms. The zero-order chi connectivity index (χ0) is 33.5. The molecule has 9 heteroatoms. The Hall–Kier alpha value is -2.78. The summed E-state index contributed by atoms with van der Waals surface area (Å²) in [6.07, 6.45) is 14.6. The molecule has 0 amide bonds. The van der Waals surface area contributed by atoms with E-state index in [0.29, 0.717) is 11.5 Å². The maximum Gasteiger partial charge on any atom is 0.418 e. The Morgan fingerprint density at radius 1 is 1.19 bits per heavy atom. The average Bonchev–Trinajstić information content (AvgIpc) is 3.39. The monoisotopic (exact) mass is 639 g/mol. The van der Waals surface area contributed by atoms with Crippen molar-refractivity contribution in [3.05, 3.63) is 89.9 Å². The third-order valence-electron chi connectivity index (χ3n) is 5.64. The first kappa shape index (κ1) is 42.4. The number of aryl methyl sites for hydroxylation is 1. The molecule has 0 aliphatic carbocycles. The first-order valence-electron chi connectivity index (χ1n) is 14.2. The van der Waals surface area contributed by atoms with Gasteiger partial charge < -0.3 is 10.0 Å². The highest BCUT2D eigenvalue weighted by Crippen LogP contribution is 2.30. The highest BCUT2D eigenvalue weighted by atomic mass is 35.5. The molecule has 1 aromatic heterocycles. The molecule has 2 unspecified atom stereocenters. The van der Waals surface area contributed by atoms with Crippen molar-refractivity contribution in [2.75, 3.05) is 13.1 Å². The van der Waals surface area contributed by atoms with Gasteiger partial charge in [-0.05, 0) is 69.4 Å². The number of nitrogens with zero attached hydrogens (tertiary/aromatic N) is 3. The summed E-state index contributed by atoms with van der Waals surface area (Å²) in [5.41, 5.74) is 0.512. The van der Waals surface area contributed by atoms with Crippen LogP contribution < -0.4 is 5.30 Å². The lowest BCUT2D eigenvalue weighted by atomic mass is 10.1. The number of rotatable bonds is 10. The number of hydrogen-bond acceptors (Lipinski definition) is 3. The molecule has 0 radical (unpaired) electrons. The van der Waals surface area contributed by atoms with Crippen LogP contribution in [0, 0.1) is 19.3 Å². The van der Waals surface area contributed by atoms with Crippen molar-refractivity contribution in [3.63, 3.8) is 0 Å². The molecule has 2 atom stereocenters. The Bertz CT molecular complexity index is 1160. The van der Waals surface area contributed by atoms with Crippen molar-refractivity contribution in [2.24, 2.45) is 0 Å². The largest absolute Gasteiger partial charge is 0.418 e. The second kappa shape index (κ2) is 23.6. The molecule has 0 aliphatic rings. The highest BCUT2D eigenvalue weighted by Gasteiger charge is 2.50. The molecule has 1 N–H and O–H groups in total. The molecule has 0 bridgehead atoms. The van der Waals surface area contributed by atoms with Crippen LogP contribution in [0.25, 0.3) is 5.69 Å². The zero-order valence-electron chi connectivity index (χ0n) is 26.8. The first-order valence-corrected chi connectivity index (χ1v) is 15.2. The summed E-state index contributed by atoms with van der Waals surface area (Å²) in [5, 5.41) is 15.4. The number of unbranched alkanes of at least 4 members (excludes halogenated alkanes) is 1. The van der Waals surface area contributed by atoms with E-state index in [2.05, 4.69) is 71.9 Å². The van der Waals surface area contributed by atoms with Crippen molar-refractivity contribution in [3.8, 4) is 18.0 Å². The number of benzene rings is 1. The minimum atomic E-state index is -4.68. The molecule has 0 saturated heterocycles. The highest BCUT2D eigenvalue weighted by molar-refractivity contribution is 7.27.